The lowest BCUT2D eigenvalue weighted by atomic mass is 10.2. The molecule has 1 amide bonds. The molecule has 0 saturated carbocycles. The van der Waals surface area contributed by atoms with Gasteiger partial charge in [-0.2, -0.15) is 5.10 Å². The molecule has 12 heteroatoms. The zero-order valence-corrected chi connectivity index (χ0v) is 21.9. The highest BCUT2D eigenvalue weighted by Gasteiger charge is 2.18. The van der Waals surface area contributed by atoms with Gasteiger partial charge in [0, 0.05) is 16.8 Å². The van der Waals surface area contributed by atoms with Crippen LogP contribution in [0.3, 0.4) is 0 Å². The highest BCUT2D eigenvalue weighted by molar-refractivity contribution is 7.99. The number of nitrogens with one attached hydrogen (secondary N) is 1. The Morgan fingerprint density at radius 2 is 1.64 bits per heavy atom. The monoisotopic (exact) mass is 547 g/mol. The molecular weight excluding hydrogens is 522 g/mol. The molecule has 200 valence electrons. The van der Waals surface area contributed by atoms with Crippen LogP contribution in [0.25, 0.3) is 17.1 Å². The highest BCUT2D eigenvalue weighted by Crippen LogP contribution is 2.29. The van der Waals surface area contributed by atoms with Crippen LogP contribution in [0, 0.1) is 0 Å². The van der Waals surface area contributed by atoms with Gasteiger partial charge in [-0.15, -0.1) is 10.2 Å². The Bertz CT molecular complexity index is 1450. The van der Waals surface area contributed by atoms with Gasteiger partial charge < -0.3 is 19.3 Å². The molecule has 0 saturated heterocycles. The van der Waals surface area contributed by atoms with Crippen molar-refractivity contribution in [3.8, 4) is 34.3 Å². The van der Waals surface area contributed by atoms with Crippen LogP contribution in [0.2, 0.25) is 0 Å². The van der Waals surface area contributed by atoms with Gasteiger partial charge in [0.05, 0.1) is 26.2 Å². The lowest BCUT2D eigenvalue weighted by molar-refractivity contribution is -0.139. The smallest absolute Gasteiger partial charge is 0.341 e. The number of hydrogen-bond acceptors (Lipinski definition) is 9. The number of carboxylic acid groups (broad SMARTS) is 1. The van der Waals surface area contributed by atoms with Crippen molar-refractivity contribution < 1.29 is 28.9 Å². The number of rotatable bonds is 12. The molecular formula is C27H25N5O6S. The molecule has 0 aliphatic carbocycles. The summed E-state index contributed by atoms with van der Waals surface area (Å²) in [5.74, 6) is 0.926. The van der Waals surface area contributed by atoms with Gasteiger partial charge in [0.1, 0.15) is 17.2 Å². The second-order valence-corrected chi connectivity index (χ2v) is 8.81. The first kappa shape index (κ1) is 27.2. The quantitative estimate of drug-likeness (QED) is 0.155. The molecule has 39 heavy (non-hydrogen) atoms. The summed E-state index contributed by atoms with van der Waals surface area (Å²) in [5.41, 5.74) is 4.61. The number of carboxylic acids is 1. The van der Waals surface area contributed by atoms with Crippen molar-refractivity contribution in [3.63, 3.8) is 0 Å². The largest absolute Gasteiger partial charge is 0.497 e. The second-order valence-electron chi connectivity index (χ2n) is 7.87. The third-order valence-corrected chi connectivity index (χ3v) is 6.24. The average molecular weight is 548 g/mol. The van der Waals surface area contributed by atoms with Gasteiger partial charge in [-0.25, -0.2) is 10.2 Å². The van der Waals surface area contributed by atoms with Crippen molar-refractivity contribution in [2.24, 2.45) is 5.10 Å². The predicted molar refractivity (Wildman–Crippen MR) is 146 cm³/mol. The van der Waals surface area contributed by atoms with Gasteiger partial charge in [-0.05, 0) is 60.7 Å². The fraction of sp³-hybridized carbons (Fsp3) is 0.148. The molecule has 3 aromatic carbocycles. The zero-order chi connectivity index (χ0) is 27.6. The Labute approximate surface area is 228 Å². The molecule has 0 bridgehead atoms. The molecule has 0 aliphatic rings. The van der Waals surface area contributed by atoms with Crippen LogP contribution in [-0.4, -0.2) is 64.5 Å². The number of hydrogen-bond donors (Lipinski definition) is 2. The Hall–Kier alpha value is -4.84. The van der Waals surface area contributed by atoms with Crippen LogP contribution in [0.1, 0.15) is 5.56 Å². The third-order valence-electron chi connectivity index (χ3n) is 5.31. The van der Waals surface area contributed by atoms with Crippen molar-refractivity contribution in [2.45, 2.75) is 5.16 Å². The van der Waals surface area contributed by atoms with E-state index >= 15 is 0 Å². The minimum Gasteiger partial charge on any atom is -0.497 e. The van der Waals surface area contributed by atoms with Gasteiger partial charge in [0.15, 0.2) is 17.6 Å². The lowest BCUT2D eigenvalue weighted by Crippen LogP contribution is -2.20. The van der Waals surface area contributed by atoms with E-state index in [9.17, 15) is 9.59 Å². The number of nitrogens with zero attached hydrogens (tertiary/aromatic N) is 4. The topological polar surface area (TPSA) is 137 Å². The molecule has 4 rings (SSSR count). The van der Waals surface area contributed by atoms with E-state index in [1.54, 1.807) is 38.5 Å². The molecule has 11 nitrogen and oxygen atoms in total. The maximum absolute atomic E-state index is 12.5. The average Bonchev–Trinajstić information content (AvgIpc) is 3.39. The summed E-state index contributed by atoms with van der Waals surface area (Å²) < 4.78 is 17.6. The molecule has 0 aliphatic heterocycles. The summed E-state index contributed by atoms with van der Waals surface area (Å²) in [6, 6.07) is 21.7. The van der Waals surface area contributed by atoms with Crippen molar-refractivity contribution in [1.82, 2.24) is 20.2 Å². The summed E-state index contributed by atoms with van der Waals surface area (Å²) in [6.45, 7) is -0.485. The second kappa shape index (κ2) is 13.1. The molecule has 0 spiro atoms. The van der Waals surface area contributed by atoms with E-state index in [1.165, 1.54) is 18.0 Å². The Kier molecular flexibility index (Phi) is 9.14. The summed E-state index contributed by atoms with van der Waals surface area (Å²) in [5, 5.41) is 22.0. The highest BCUT2D eigenvalue weighted by atomic mass is 32.2. The van der Waals surface area contributed by atoms with Crippen LogP contribution in [0.5, 0.6) is 17.2 Å². The van der Waals surface area contributed by atoms with Gasteiger partial charge in [0.25, 0.3) is 5.91 Å². The number of aliphatic carboxylic acids is 1. The fourth-order valence-corrected chi connectivity index (χ4v) is 4.19. The Morgan fingerprint density at radius 3 is 2.31 bits per heavy atom. The summed E-state index contributed by atoms with van der Waals surface area (Å²) >= 11 is 1.20. The molecule has 0 radical (unpaired) electrons. The fourth-order valence-electron chi connectivity index (χ4n) is 3.45. The maximum atomic E-state index is 12.5. The van der Waals surface area contributed by atoms with Crippen LogP contribution in [0.15, 0.2) is 83.1 Å². The SMILES string of the molecule is COc1ccc(-c2nnc(SCC(=O)NN=Cc3ccccc3OCC(=O)O)n2-c2ccc(OC)cc2)cc1. The van der Waals surface area contributed by atoms with Crippen LogP contribution >= 0.6 is 11.8 Å². The molecule has 0 unspecified atom stereocenters. The maximum Gasteiger partial charge on any atom is 0.341 e. The van der Waals surface area contributed by atoms with Crippen molar-refractivity contribution in [2.75, 3.05) is 26.6 Å². The number of hydrazone groups is 1. The van der Waals surface area contributed by atoms with E-state index in [4.69, 9.17) is 19.3 Å². The minimum atomic E-state index is -1.09. The van der Waals surface area contributed by atoms with Gasteiger partial charge in [-0.1, -0.05) is 23.9 Å². The Morgan fingerprint density at radius 1 is 0.974 bits per heavy atom. The molecule has 2 N–H and O–H groups in total. The number of benzene rings is 3. The lowest BCUT2D eigenvalue weighted by Gasteiger charge is -2.11. The zero-order valence-electron chi connectivity index (χ0n) is 21.1. The van der Waals surface area contributed by atoms with Gasteiger partial charge in [0.2, 0.25) is 0 Å². The molecule has 0 fully saturated rings. The minimum absolute atomic E-state index is 0.0192. The molecule has 4 aromatic rings. The van der Waals surface area contributed by atoms with Crippen LogP contribution in [0.4, 0.5) is 0 Å². The summed E-state index contributed by atoms with van der Waals surface area (Å²) in [6.07, 6.45) is 1.39. The van der Waals surface area contributed by atoms with Crippen LogP contribution < -0.4 is 19.6 Å². The standard InChI is InChI=1S/C27H25N5O6S/c1-36-21-11-7-18(8-12-21)26-30-31-27(32(26)20-9-13-22(37-2)14-10-20)39-17-24(33)29-28-15-19-5-3-4-6-23(19)38-16-25(34)35/h3-15H,16-17H2,1-2H3,(H,29,33)(H,34,35). The van der Waals surface area contributed by atoms with E-state index in [-0.39, 0.29) is 11.7 Å². The number of amides is 1. The van der Waals surface area contributed by atoms with E-state index in [0.717, 1.165) is 17.0 Å². The number of para-hydroxylation sites is 1. The van der Waals surface area contributed by atoms with Gasteiger partial charge in [-0.3, -0.25) is 9.36 Å². The molecule has 1 aromatic heterocycles. The first-order valence-corrected chi connectivity index (χ1v) is 12.6. The van der Waals surface area contributed by atoms with Crippen molar-refractivity contribution >= 4 is 29.9 Å². The number of ether oxygens (including phenoxy) is 3. The predicted octanol–water partition coefficient (Wildman–Crippen LogP) is 3.66. The van der Waals surface area contributed by atoms with E-state index in [0.29, 0.717) is 28.0 Å². The van der Waals surface area contributed by atoms with E-state index in [2.05, 4.69) is 20.7 Å². The number of thioether (sulfide) groups is 1. The first-order valence-electron chi connectivity index (χ1n) is 11.6. The molecule has 0 atom stereocenters. The van der Waals surface area contributed by atoms with Crippen molar-refractivity contribution in [1.29, 1.82) is 0 Å². The Balaban J connectivity index is 1.48. The normalized spacial score (nSPS) is 10.8. The number of aromatic nitrogens is 3. The van der Waals surface area contributed by atoms with Crippen LogP contribution in [-0.2, 0) is 9.59 Å². The van der Waals surface area contributed by atoms with Gasteiger partial charge >= 0.3 is 5.97 Å². The number of carbonyl (C=O) groups is 2. The summed E-state index contributed by atoms with van der Waals surface area (Å²) in [7, 11) is 3.20. The van der Waals surface area contributed by atoms with Crippen molar-refractivity contribution in [3.05, 3.63) is 78.4 Å². The molecule has 1 heterocycles. The summed E-state index contributed by atoms with van der Waals surface area (Å²) in [4.78, 5) is 23.3. The third kappa shape index (κ3) is 7.14. The van der Waals surface area contributed by atoms with E-state index in [1.807, 2.05) is 53.1 Å². The number of methoxy groups -OCH3 is 2. The van der Waals surface area contributed by atoms with E-state index < -0.39 is 12.6 Å². The number of carbonyl (C=O) groups excluding carboxylic acids is 1. The first-order chi connectivity index (χ1) is 19.0.